The van der Waals surface area contributed by atoms with Crippen molar-refractivity contribution in [2.45, 2.75) is 38.3 Å². The molecule has 0 aliphatic heterocycles. The van der Waals surface area contributed by atoms with E-state index >= 15 is 0 Å². The van der Waals surface area contributed by atoms with Crippen LogP contribution in [0.5, 0.6) is 0 Å². The quantitative estimate of drug-likeness (QED) is 0.494. The van der Waals surface area contributed by atoms with Crippen molar-refractivity contribution in [2.75, 3.05) is 5.32 Å². The number of halogens is 1. The minimum Gasteiger partial charge on any atom is -0.465 e. The molecule has 1 aliphatic carbocycles. The number of fused-ring (bicyclic) bond motifs is 1. The Labute approximate surface area is 176 Å². The summed E-state index contributed by atoms with van der Waals surface area (Å²) in [5.74, 6) is -0.446. The zero-order chi connectivity index (χ0) is 22.0. The Balaban J connectivity index is 1.74. The van der Waals surface area contributed by atoms with Crippen LogP contribution in [0.25, 0.3) is 10.9 Å². The summed E-state index contributed by atoms with van der Waals surface area (Å²) < 4.78 is 15.8. The van der Waals surface area contributed by atoms with Crippen LogP contribution in [0.4, 0.5) is 20.7 Å². The second-order valence-corrected chi connectivity index (χ2v) is 7.54. The Morgan fingerprint density at radius 3 is 2.94 bits per heavy atom. The molecule has 2 atom stereocenters. The highest BCUT2D eigenvalue weighted by Gasteiger charge is 2.29. The van der Waals surface area contributed by atoms with Gasteiger partial charge in [0.05, 0.1) is 23.5 Å². The minimum absolute atomic E-state index is 0.137. The molecule has 4 N–H and O–H groups in total. The van der Waals surface area contributed by atoms with Gasteiger partial charge in [0, 0.05) is 24.0 Å². The van der Waals surface area contributed by atoms with Gasteiger partial charge in [-0.1, -0.05) is 12.8 Å². The number of amides is 1. The third kappa shape index (κ3) is 4.07. The van der Waals surface area contributed by atoms with Crippen LogP contribution >= 0.6 is 0 Å². The number of aromatic amines is 1. The first kappa shape index (κ1) is 20.4. The van der Waals surface area contributed by atoms with Crippen LogP contribution in [-0.2, 0) is 6.54 Å². The average Bonchev–Trinajstić information content (AvgIpc) is 3.13. The number of rotatable bonds is 5. The number of hydrogen-bond acceptors (Lipinski definition) is 5. The zero-order valence-corrected chi connectivity index (χ0v) is 16.6. The molecule has 1 fully saturated rings. The molecule has 2 aromatic heterocycles. The molecule has 1 aliphatic rings. The number of carbonyl (C=O) groups is 1. The highest BCUT2D eigenvalue weighted by molar-refractivity contribution is 5.91. The van der Waals surface area contributed by atoms with Crippen molar-refractivity contribution in [1.82, 2.24) is 20.1 Å². The van der Waals surface area contributed by atoms with Crippen molar-refractivity contribution in [3.05, 3.63) is 52.2 Å². The maximum atomic E-state index is 14.0. The van der Waals surface area contributed by atoms with E-state index in [1.165, 1.54) is 18.2 Å². The van der Waals surface area contributed by atoms with Crippen molar-refractivity contribution in [1.29, 1.82) is 5.26 Å². The highest BCUT2D eigenvalue weighted by Crippen LogP contribution is 2.36. The molecule has 160 valence electrons. The molecule has 9 nitrogen and oxygen atoms in total. The average molecular weight is 424 g/mol. The summed E-state index contributed by atoms with van der Waals surface area (Å²) in [5.41, 5.74) is 0.902. The molecule has 4 rings (SSSR count). The molecule has 0 bridgehead atoms. The lowest BCUT2D eigenvalue weighted by Gasteiger charge is -2.27. The van der Waals surface area contributed by atoms with Gasteiger partial charge in [0.1, 0.15) is 11.2 Å². The number of carboxylic acid groups (broad SMARTS) is 1. The van der Waals surface area contributed by atoms with Crippen LogP contribution in [0.2, 0.25) is 0 Å². The van der Waals surface area contributed by atoms with E-state index in [1.54, 1.807) is 16.9 Å². The number of H-pyrrole nitrogens is 1. The fourth-order valence-corrected chi connectivity index (χ4v) is 4.09. The summed E-state index contributed by atoms with van der Waals surface area (Å²) in [6.45, 7) is -0.196. The van der Waals surface area contributed by atoms with Crippen molar-refractivity contribution in [3.8, 4) is 6.07 Å². The molecule has 1 amide bonds. The maximum Gasteiger partial charge on any atom is 0.404 e. The lowest BCUT2D eigenvalue weighted by molar-refractivity contribution is 0.194. The molecular weight excluding hydrogens is 403 g/mol. The Bertz CT molecular complexity index is 1230. The van der Waals surface area contributed by atoms with E-state index in [9.17, 15) is 19.2 Å². The van der Waals surface area contributed by atoms with E-state index in [2.05, 4.69) is 26.8 Å². The van der Waals surface area contributed by atoms with Gasteiger partial charge in [-0.15, -0.1) is 0 Å². The van der Waals surface area contributed by atoms with Gasteiger partial charge >= 0.3 is 6.09 Å². The number of nitrogens with zero attached hydrogens (tertiary/aromatic N) is 3. The van der Waals surface area contributed by atoms with E-state index in [4.69, 9.17) is 5.11 Å². The third-order valence-corrected chi connectivity index (χ3v) is 5.58. The van der Waals surface area contributed by atoms with Crippen LogP contribution in [-0.4, -0.2) is 26.0 Å². The first-order chi connectivity index (χ1) is 15.0. The SMILES string of the molecule is N#CC1CCCCC1n1nc(Nc2ccc(F)c(CNC(=O)O)c2)c2c(=O)[nH]ccc21. The van der Waals surface area contributed by atoms with E-state index in [0.29, 0.717) is 22.4 Å². The summed E-state index contributed by atoms with van der Waals surface area (Å²) >= 11 is 0. The molecule has 0 radical (unpaired) electrons. The Hall–Kier alpha value is -3.87. The molecule has 0 spiro atoms. The molecule has 1 aromatic carbocycles. The van der Waals surface area contributed by atoms with E-state index in [1.807, 2.05) is 0 Å². The van der Waals surface area contributed by atoms with Gasteiger partial charge in [-0.25, -0.2) is 9.18 Å². The van der Waals surface area contributed by atoms with Crippen molar-refractivity contribution >= 4 is 28.5 Å². The van der Waals surface area contributed by atoms with Crippen LogP contribution in [0.3, 0.4) is 0 Å². The lowest BCUT2D eigenvalue weighted by Crippen LogP contribution is -2.23. The molecular formula is C21H21FN6O3. The molecule has 2 heterocycles. The number of nitrogens with one attached hydrogen (secondary N) is 3. The van der Waals surface area contributed by atoms with Gasteiger partial charge in [-0.3, -0.25) is 9.48 Å². The van der Waals surface area contributed by atoms with Gasteiger partial charge in [0.2, 0.25) is 0 Å². The van der Waals surface area contributed by atoms with Crippen LogP contribution in [0.15, 0.2) is 35.3 Å². The van der Waals surface area contributed by atoms with E-state index in [-0.39, 0.29) is 29.6 Å². The summed E-state index contributed by atoms with van der Waals surface area (Å²) in [6, 6.07) is 8.15. The topological polar surface area (TPSA) is 136 Å². The molecule has 10 heteroatoms. The minimum atomic E-state index is -1.26. The number of anilines is 2. The van der Waals surface area contributed by atoms with Gasteiger partial charge in [0.15, 0.2) is 5.82 Å². The fraction of sp³-hybridized carbons (Fsp3) is 0.333. The van der Waals surface area contributed by atoms with E-state index < -0.39 is 11.9 Å². The summed E-state index contributed by atoms with van der Waals surface area (Å²) in [5, 5.41) is 28.5. The summed E-state index contributed by atoms with van der Waals surface area (Å²) in [4.78, 5) is 26.0. The van der Waals surface area contributed by atoms with Gasteiger partial charge in [-0.2, -0.15) is 10.4 Å². The van der Waals surface area contributed by atoms with Crippen molar-refractivity contribution in [2.24, 2.45) is 5.92 Å². The first-order valence-corrected chi connectivity index (χ1v) is 9.99. The smallest absolute Gasteiger partial charge is 0.404 e. The number of pyridine rings is 1. The Kier molecular flexibility index (Phi) is 5.58. The monoisotopic (exact) mass is 424 g/mol. The van der Waals surface area contributed by atoms with Crippen molar-refractivity contribution < 1.29 is 14.3 Å². The fourth-order valence-electron chi connectivity index (χ4n) is 4.09. The first-order valence-electron chi connectivity index (χ1n) is 9.99. The molecule has 2 unspecified atom stereocenters. The second-order valence-electron chi connectivity index (χ2n) is 7.54. The van der Waals surface area contributed by atoms with Gasteiger partial charge < -0.3 is 20.7 Å². The Morgan fingerprint density at radius 1 is 1.35 bits per heavy atom. The third-order valence-electron chi connectivity index (χ3n) is 5.58. The number of nitriles is 1. The van der Waals surface area contributed by atoms with Gasteiger partial charge in [0.25, 0.3) is 5.56 Å². The molecule has 3 aromatic rings. The second kappa shape index (κ2) is 8.47. The predicted octanol–water partition coefficient (Wildman–Crippen LogP) is 3.63. The number of benzene rings is 1. The number of aromatic nitrogens is 3. The largest absolute Gasteiger partial charge is 0.465 e. The molecule has 31 heavy (non-hydrogen) atoms. The lowest BCUT2D eigenvalue weighted by atomic mass is 9.85. The van der Waals surface area contributed by atoms with Gasteiger partial charge in [-0.05, 0) is 37.1 Å². The van der Waals surface area contributed by atoms with Crippen LogP contribution in [0, 0.1) is 23.1 Å². The predicted molar refractivity (Wildman–Crippen MR) is 112 cm³/mol. The van der Waals surface area contributed by atoms with Crippen LogP contribution in [0.1, 0.15) is 37.3 Å². The van der Waals surface area contributed by atoms with Crippen molar-refractivity contribution in [3.63, 3.8) is 0 Å². The van der Waals surface area contributed by atoms with E-state index in [0.717, 1.165) is 25.7 Å². The maximum absolute atomic E-state index is 14.0. The summed E-state index contributed by atoms with van der Waals surface area (Å²) in [6.07, 6.45) is 3.84. The standard InChI is InChI=1S/C21H21FN6O3/c22-15-6-5-14(9-13(15)11-25-21(30)31)26-19-18-17(7-8-24-20(18)29)28(27-19)16-4-2-1-3-12(16)10-23/h5-9,12,16,25H,1-4,11H2,(H,24,29)(H,26,27)(H,30,31). The molecule has 1 saturated carbocycles. The van der Waals surface area contributed by atoms with Crippen LogP contribution < -0.4 is 16.2 Å². The molecule has 0 saturated heterocycles. The highest BCUT2D eigenvalue weighted by atomic mass is 19.1. The Morgan fingerprint density at radius 2 is 2.16 bits per heavy atom. The number of hydrogen-bond donors (Lipinski definition) is 4. The zero-order valence-electron chi connectivity index (χ0n) is 16.6. The summed E-state index contributed by atoms with van der Waals surface area (Å²) in [7, 11) is 0. The normalized spacial score (nSPS) is 18.5.